The van der Waals surface area contributed by atoms with E-state index < -0.39 is 5.82 Å². The number of halogens is 2. The number of benzene rings is 1. The van der Waals surface area contributed by atoms with Crippen LogP contribution in [0.2, 0.25) is 5.02 Å². The number of nitrogens with one attached hydrogen (secondary N) is 1. The van der Waals surface area contributed by atoms with Gasteiger partial charge in [-0.1, -0.05) is 23.7 Å². The van der Waals surface area contributed by atoms with Crippen LogP contribution in [0.3, 0.4) is 0 Å². The Morgan fingerprint density at radius 1 is 1.47 bits per heavy atom. The van der Waals surface area contributed by atoms with Crippen LogP contribution in [0.5, 0.6) is 0 Å². The zero-order chi connectivity index (χ0) is 12.3. The third-order valence-corrected chi connectivity index (χ3v) is 3.10. The van der Waals surface area contributed by atoms with Gasteiger partial charge in [-0.3, -0.25) is 4.79 Å². The zero-order valence-electron chi connectivity index (χ0n) is 9.38. The quantitative estimate of drug-likeness (QED) is 0.875. The Hall–Kier alpha value is -1.13. The van der Waals surface area contributed by atoms with E-state index in [1.807, 2.05) is 0 Å². The number of hydrogen-bond acceptors (Lipinski definition) is 2. The first-order valence-corrected chi connectivity index (χ1v) is 5.97. The predicted molar refractivity (Wildman–Crippen MR) is 64.3 cm³/mol. The maximum Gasteiger partial charge on any atom is 0.236 e. The lowest BCUT2D eigenvalue weighted by Gasteiger charge is -2.20. The number of amides is 1. The topological polar surface area (TPSA) is 32.3 Å². The van der Waals surface area contributed by atoms with Crippen molar-refractivity contribution in [3.8, 4) is 0 Å². The number of nitrogens with zero attached hydrogens (tertiary/aromatic N) is 1. The van der Waals surface area contributed by atoms with Crippen LogP contribution in [0.15, 0.2) is 18.2 Å². The molecule has 1 aromatic carbocycles. The van der Waals surface area contributed by atoms with Crippen molar-refractivity contribution in [1.29, 1.82) is 0 Å². The Bertz CT molecular complexity index is 425. The fourth-order valence-corrected chi connectivity index (χ4v) is 2.06. The van der Waals surface area contributed by atoms with E-state index in [9.17, 15) is 9.18 Å². The van der Waals surface area contributed by atoms with Crippen molar-refractivity contribution in [2.45, 2.75) is 13.0 Å². The largest absolute Gasteiger partial charge is 0.337 e. The summed E-state index contributed by atoms with van der Waals surface area (Å²) in [4.78, 5) is 13.4. The van der Waals surface area contributed by atoms with Crippen LogP contribution in [0, 0.1) is 5.82 Å². The highest BCUT2D eigenvalue weighted by atomic mass is 35.5. The number of rotatable bonds is 2. The number of carbonyl (C=O) groups is 1. The molecule has 1 amide bonds. The summed E-state index contributed by atoms with van der Waals surface area (Å²) >= 11 is 5.71. The second kappa shape index (κ2) is 5.47. The lowest BCUT2D eigenvalue weighted by atomic mass is 10.2. The van der Waals surface area contributed by atoms with Crippen molar-refractivity contribution in [3.63, 3.8) is 0 Å². The van der Waals surface area contributed by atoms with Gasteiger partial charge in [0.25, 0.3) is 0 Å². The van der Waals surface area contributed by atoms with Gasteiger partial charge in [0.15, 0.2) is 0 Å². The predicted octanol–water partition coefficient (Wildman–Crippen LogP) is 1.80. The summed E-state index contributed by atoms with van der Waals surface area (Å²) < 4.78 is 13.7. The fourth-order valence-electron chi connectivity index (χ4n) is 1.87. The van der Waals surface area contributed by atoms with Gasteiger partial charge in [0.1, 0.15) is 5.82 Å². The minimum absolute atomic E-state index is 0.00174. The molecule has 0 spiro atoms. The summed E-state index contributed by atoms with van der Waals surface area (Å²) in [5.41, 5.74) is 0.466. The second-order valence-electron chi connectivity index (χ2n) is 4.06. The van der Waals surface area contributed by atoms with Crippen molar-refractivity contribution >= 4 is 17.5 Å². The summed E-state index contributed by atoms with van der Waals surface area (Å²) in [5.74, 6) is -0.430. The molecule has 1 N–H and O–H groups in total. The van der Waals surface area contributed by atoms with Crippen LogP contribution in [-0.4, -0.2) is 30.4 Å². The molecule has 0 aliphatic carbocycles. The highest BCUT2D eigenvalue weighted by Gasteiger charge is 2.18. The van der Waals surface area contributed by atoms with Crippen LogP contribution in [0.4, 0.5) is 4.39 Å². The van der Waals surface area contributed by atoms with Crippen LogP contribution >= 0.6 is 11.6 Å². The van der Waals surface area contributed by atoms with Gasteiger partial charge in [-0.2, -0.15) is 0 Å². The minimum Gasteiger partial charge on any atom is -0.337 e. The first kappa shape index (κ1) is 12.3. The molecule has 5 heteroatoms. The fraction of sp³-hybridized carbons (Fsp3) is 0.417. The molecule has 0 aromatic heterocycles. The molecule has 1 aliphatic heterocycles. The van der Waals surface area contributed by atoms with Gasteiger partial charge in [0.2, 0.25) is 5.91 Å². The van der Waals surface area contributed by atoms with Gasteiger partial charge < -0.3 is 10.2 Å². The second-order valence-corrected chi connectivity index (χ2v) is 4.47. The Morgan fingerprint density at radius 3 is 3.12 bits per heavy atom. The van der Waals surface area contributed by atoms with Gasteiger partial charge in [-0.25, -0.2) is 4.39 Å². The zero-order valence-corrected chi connectivity index (χ0v) is 10.1. The monoisotopic (exact) mass is 256 g/mol. The molecular weight excluding hydrogens is 243 g/mol. The normalized spacial score (nSPS) is 17.1. The van der Waals surface area contributed by atoms with Gasteiger partial charge in [-0.15, -0.1) is 0 Å². The van der Waals surface area contributed by atoms with Gasteiger partial charge in [0, 0.05) is 18.7 Å². The Labute approximate surface area is 105 Å². The first-order valence-electron chi connectivity index (χ1n) is 5.60. The molecule has 1 fully saturated rings. The lowest BCUT2D eigenvalue weighted by Crippen LogP contribution is -2.34. The molecule has 92 valence electrons. The van der Waals surface area contributed by atoms with E-state index in [0.717, 1.165) is 13.0 Å². The maximum atomic E-state index is 13.7. The molecule has 3 nitrogen and oxygen atoms in total. The van der Waals surface area contributed by atoms with E-state index in [2.05, 4.69) is 5.32 Å². The molecule has 0 saturated carbocycles. The first-order chi connectivity index (χ1) is 8.18. The molecule has 2 rings (SSSR count). The lowest BCUT2D eigenvalue weighted by molar-refractivity contribution is -0.130. The standard InChI is InChI=1S/C12H14ClFN2O/c13-10-4-1-3-9(12(10)14)8-16-6-2-5-15-7-11(16)17/h1,3-4,15H,2,5-8H2. The SMILES string of the molecule is O=C1CNCCCN1Cc1cccc(Cl)c1F. The molecule has 0 radical (unpaired) electrons. The molecule has 17 heavy (non-hydrogen) atoms. The molecule has 1 saturated heterocycles. The molecular formula is C12H14ClFN2O. The van der Waals surface area contributed by atoms with E-state index in [1.54, 1.807) is 17.0 Å². The number of hydrogen-bond donors (Lipinski definition) is 1. The average molecular weight is 257 g/mol. The summed E-state index contributed by atoms with van der Waals surface area (Å²) in [6, 6.07) is 4.86. The highest BCUT2D eigenvalue weighted by Crippen LogP contribution is 2.19. The van der Waals surface area contributed by atoms with Crippen molar-refractivity contribution in [2.75, 3.05) is 19.6 Å². The van der Waals surface area contributed by atoms with E-state index in [-0.39, 0.29) is 17.5 Å². The smallest absolute Gasteiger partial charge is 0.236 e. The van der Waals surface area contributed by atoms with Crippen LogP contribution in [0.25, 0.3) is 0 Å². The summed E-state index contributed by atoms with van der Waals surface area (Å²) in [6.45, 7) is 2.08. The van der Waals surface area contributed by atoms with Crippen LogP contribution in [-0.2, 0) is 11.3 Å². The van der Waals surface area contributed by atoms with Crippen LogP contribution < -0.4 is 5.32 Å². The molecule has 0 bridgehead atoms. The third kappa shape index (κ3) is 2.96. The maximum absolute atomic E-state index is 13.7. The van der Waals surface area contributed by atoms with Crippen molar-refractivity contribution in [3.05, 3.63) is 34.6 Å². The molecule has 1 aromatic rings. The Balaban J connectivity index is 2.13. The minimum atomic E-state index is -0.431. The van der Waals surface area contributed by atoms with E-state index in [1.165, 1.54) is 6.07 Å². The van der Waals surface area contributed by atoms with Crippen molar-refractivity contribution in [1.82, 2.24) is 10.2 Å². The molecule has 0 atom stereocenters. The van der Waals surface area contributed by atoms with Crippen molar-refractivity contribution < 1.29 is 9.18 Å². The van der Waals surface area contributed by atoms with Gasteiger partial charge in [0.05, 0.1) is 11.6 Å². The third-order valence-electron chi connectivity index (χ3n) is 2.80. The van der Waals surface area contributed by atoms with Gasteiger partial charge >= 0.3 is 0 Å². The van der Waals surface area contributed by atoms with E-state index >= 15 is 0 Å². The molecule has 1 heterocycles. The average Bonchev–Trinajstić information content (AvgIpc) is 2.51. The highest BCUT2D eigenvalue weighted by molar-refractivity contribution is 6.30. The Morgan fingerprint density at radius 2 is 2.29 bits per heavy atom. The van der Waals surface area contributed by atoms with E-state index in [4.69, 9.17) is 11.6 Å². The molecule has 0 unspecified atom stereocenters. The van der Waals surface area contributed by atoms with E-state index in [0.29, 0.717) is 18.7 Å². The Kier molecular flexibility index (Phi) is 3.97. The summed E-state index contributed by atoms with van der Waals surface area (Å²) in [6.07, 6.45) is 0.883. The molecule has 1 aliphatic rings. The summed E-state index contributed by atoms with van der Waals surface area (Å²) in [5, 5.41) is 3.13. The van der Waals surface area contributed by atoms with Crippen LogP contribution in [0.1, 0.15) is 12.0 Å². The number of carbonyl (C=O) groups excluding carboxylic acids is 1. The summed E-state index contributed by atoms with van der Waals surface area (Å²) in [7, 11) is 0. The van der Waals surface area contributed by atoms with Gasteiger partial charge in [-0.05, 0) is 19.0 Å². The van der Waals surface area contributed by atoms with Crippen molar-refractivity contribution in [2.24, 2.45) is 0 Å².